The van der Waals surface area contributed by atoms with E-state index in [9.17, 15) is 9.59 Å². The second-order valence-electron chi connectivity index (χ2n) is 7.25. The predicted molar refractivity (Wildman–Crippen MR) is 117 cm³/mol. The van der Waals surface area contributed by atoms with Crippen molar-refractivity contribution in [3.63, 3.8) is 0 Å². The summed E-state index contributed by atoms with van der Waals surface area (Å²) in [5.74, 6) is -0.702. The molecule has 3 aromatic rings. The predicted octanol–water partition coefficient (Wildman–Crippen LogP) is 3.70. The fraction of sp³-hybridized carbons (Fsp3) is 0.261. The number of nitrogens with zero attached hydrogens (tertiary/aromatic N) is 3. The van der Waals surface area contributed by atoms with Crippen LogP contribution in [0.15, 0.2) is 54.6 Å². The summed E-state index contributed by atoms with van der Waals surface area (Å²) < 4.78 is 5.34. The van der Waals surface area contributed by atoms with Crippen LogP contribution in [0.3, 0.4) is 0 Å². The average molecular weight is 424 g/mol. The Morgan fingerprint density at radius 3 is 2.57 bits per heavy atom. The summed E-state index contributed by atoms with van der Waals surface area (Å²) in [6.07, 6.45) is 0. The molecule has 0 unspecified atom stereocenters. The summed E-state index contributed by atoms with van der Waals surface area (Å²) >= 11 is 6.07. The van der Waals surface area contributed by atoms with Crippen LogP contribution in [-0.4, -0.2) is 54.5 Å². The van der Waals surface area contributed by atoms with Crippen LogP contribution in [0.25, 0.3) is 10.9 Å². The molecule has 1 aliphatic rings. The minimum atomic E-state index is -0.511. The van der Waals surface area contributed by atoms with E-state index in [1.165, 1.54) is 0 Å². The number of carbonyl (C=O) groups is 2. The number of halogens is 1. The van der Waals surface area contributed by atoms with Gasteiger partial charge >= 0.3 is 5.97 Å². The maximum atomic E-state index is 12.6. The molecule has 2 aromatic carbocycles. The van der Waals surface area contributed by atoms with E-state index in [0.717, 1.165) is 22.3 Å². The van der Waals surface area contributed by atoms with Gasteiger partial charge in [0.05, 0.1) is 11.1 Å². The lowest BCUT2D eigenvalue weighted by Gasteiger charge is -2.36. The van der Waals surface area contributed by atoms with Crippen molar-refractivity contribution in [2.75, 3.05) is 37.7 Å². The number of pyridine rings is 1. The van der Waals surface area contributed by atoms with E-state index >= 15 is 0 Å². The Kier molecular flexibility index (Phi) is 5.86. The van der Waals surface area contributed by atoms with Crippen LogP contribution in [0.1, 0.15) is 16.1 Å². The molecule has 30 heavy (non-hydrogen) atoms. The molecule has 0 spiro atoms. The standard InChI is InChI=1S/C23H22ClN3O3/c1-16-13-20(19-7-2-3-8-21(19)25-16)23(29)30-15-22(28)27-11-9-26(10-12-27)18-6-4-5-17(24)14-18/h2-8,13-14H,9-12,15H2,1H3. The van der Waals surface area contributed by atoms with Crippen LogP contribution in [0.2, 0.25) is 5.02 Å². The summed E-state index contributed by atoms with van der Waals surface area (Å²) in [7, 11) is 0. The van der Waals surface area contributed by atoms with Crippen molar-refractivity contribution in [2.24, 2.45) is 0 Å². The zero-order chi connectivity index (χ0) is 21.1. The average Bonchev–Trinajstić information content (AvgIpc) is 2.76. The number of para-hydroxylation sites is 1. The first-order chi connectivity index (χ1) is 14.5. The SMILES string of the molecule is Cc1cc(C(=O)OCC(=O)N2CCN(c3cccc(Cl)c3)CC2)c2ccccc2n1. The van der Waals surface area contributed by atoms with Gasteiger partial charge in [-0.05, 0) is 37.3 Å². The fourth-order valence-electron chi connectivity index (χ4n) is 3.66. The Morgan fingerprint density at radius 2 is 1.80 bits per heavy atom. The molecule has 0 aliphatic carbocycles. The van der Waals surface area contributed by atoms with Crippen molar-refractivity contribution < 1.29 is 14.3 Å². The van der Waals surface area contributed by atoms with Crippen LogP contribution < -0.4 is 4.90 Å². The fourth-order valence-corrected chi connectivity index (χ4v) is 3.84. The normalized spacial score (nSPS) is 14.1. The summed E-state index contributed by atoms with van der Waals surface area (Å²) in [6.45, 7) is 4.10. The number of amides is 1. The number of piperazine rings is 1. The minimum absolute atomic E-state index is 0.191. The Hall–Kier alpha value is -3.12. The number of aromatic nitrogens is 1. The Morgan fingerprint density at radius 1 is 1.03 bits per heavy atom. The Labute approximate surface area is 180 Å². The number of carbonyl (C=O) groups excluding carboxylic acids is 2. The number of fused-ring (bicyclic) bond motifs is 1. The summed E-state index contributed by atoms with van der Waals surface area (Å²) in [5.41, 5.74) is 2.93. The largest absolute Gasteiger partial charge is 0.452 e. The van der Waals surface area contributed by atoms with Crippen LogP contribution in [0.5, 0.6) is 0 Å². The van der Waals surface area contributed by atoms with Crippen LogP contribution in [-0.2, 0) is 9.53 Å². The van der Waals surface area contributed by atoms with Gasteiger partial charge in [-0.15, -0.1) is 0 Å². The van der Waals surface area contributed by atoms with E-state index in [0.29, 0.717) is 36.8 Å². The van der Waals surface area contributed by atoms with Gasteiger partial charge in [-0.25, -0.2) is 4.79 Å². The molecule has 0 N–H and O–H groups in total. The van der Waals surface area contributed by atoms with Gasteiger partial charge in [-0.2, -0.15) is 0 Å². The second-order valence-corrected chi connectivity index (χ2v) is 7.69. The van der Waals surface area contributed by atoms with E-state index in [-0.39, 0.29) is 12.5 Å². The van der Waals surface area contributed by atoms with Gasteiger partial charge < -0.3 is 14.5 Å². The van der Waals surface area contributed by atoms with Crippen molar-refractivity contribution in [1.29, 1.82) is 0 Å². The molecule has 1 aliphatic heterocycles. The topological polar surface area (TPSA) is 62.7 Å². The third kappa shape index (κ3) is 4.39. The molecule has 7 heteroatoms. The molecule has 154 valence electrons. The van der Waals surface area contributed by atoms with Gasteiger partial charge in [0, 0.05) is 48.0 Å². The number of hydrogen-bond donors (Lipinski definition) is 0. The highest BCUT2D eigenvalue weighted by molar-refractivity contribution is 6.30. The molecular formula is C23H22ClN3O3. The first kappa shape index (κ1) is 20.2. The summed E-state index contributed by atoms with van der Waals surface area (Å²) in [6, 6.07) is 16.8. The maximum absolute atomic E-state index is 12.6. The molecule has 0 radical (unpaired) electrons. The van der Waals surface area contributed by atoms with Gasteiger partial charge in [-0.3, -0.25) is 9.78 Å². The molecule has 4 rings (SSSR count). The Bertz CT molecular complexity index is 1090. The quantitative estimate of drug-likeness (QED) is 0.599. The van der Waals surface area contributed by atoms with E-state index < -0.39 is 5.97 Å². The van der Waals surface area contributed by atoms with Crippen LogP contribution in [0, 0.1) is 6.92 Å². The maximum Gasteiger partial charge on any atom is 0.339 e. The highest BCUT2D eigenvalue weighted by atomic mass is 35.5. The molecule has 2 heterocycles. The van der Waals surface area contributed by atoms with Crippen molar-refractivity contribution in [3.05, 3.63) is 70.9 Å². The third-order valence-electron chi connectivity index (χ3n) is 5.20. The first-order valence-corrected chi connectivity index (χ1v) is 10.2. The number of hydrogen-bond acceptors (Lipinski definition) is 5. The highest BCUT2D eigenvalue weighted by Crippen LogP contribution is 2.21. The minimum Gasteiger partial charge on any atom is -0.452 e. The molecule has 6 nitrogen and oxygen atoms in total. The molecule has 0 bridgehead atoms. The molecule has 1 aromatic heterocycles. The molecule has 1 saturated heterocycles. The number of benzene rings is 2. The zero-order valence-corrected chi connectivity index (χ0v) is 17.4. The van der Waals surface area contributed by atoms with Gasteiger partial charge in [0.2, 0.25) is 0 Å². The van der Waals surface area contributed by atoms with Gasteiger partial charge in [0.15, 0.2) is 6.61 Å². The Balaban J connectivity index is 1.35. The smallest absolute Gasteiger partial charge is 0.339 e. The van der Waals surface area contributed by atoms with Crippen molar-refractivity contribution >= 4 is 40.1 Å². The lowest BCUT2D eigenvalue weighted by atomic mass is 10.1. The number of anilines is 1. The number of rotatable bonds is 4. The highest BCUT2D eigenvalue weighted by Gasteiger charge is 2.23. The third-order valence-corrected chi connectivity index (χ3v) is 5.43. The number of esters is 1. The van der Waals surface area contributed by atoms with E-state index in [1.807, 2.05) is 55.5 Å². The molecule has 0 saturated carbocycles. The van der Waals surface area contributed by atoms with Gasteiger partial charge in [0.1, 0.15) is 0 Å². The van der Waals surface area contributed by atoms with E-state index in [1.54, 1.807) is 11.0 Å². The van der Waals surface area contributed by atoms with Crippen molar-refractivity contribution in [2.45, 2.75) is 6.92 Å². The van der Waals surface area contributed by atoms with E-state index in [4.69, 9.17) is 16.3 Å². The summed E-state index contributed by atoms with van der Waals surface area (Å²) in [5, 5.41) is 1.41. The second kappa shape index (κ2) is 8.71. The lowest BCUT2D eigenvalue weighted by molar-refractivity contribution is -0.134. The molecule has 1 fully saturated rings. The van der Waals surface area contributed by atoms with Gasteiger partial charge in [0.25, 0.3) is 5.91 Å². The van der Waals surface area contributed by atoms with Crippen molar-refractivity contribution in [3.8, 4) is 0 Å². The van der Waals surface area contributed by atoms with Crippen LogP contribution in [0.4, 0.5) is 5.69 Å². The monoisotopic (exact) mass is 423 g/mol. The number of ether oxygens (including phenoxy) is 1. The number of aryl methyl sites for hydroxylation is 1. The molecule has 0 atom stereocenters. The van der Waals surface area contributed by atoms with E-state index in [2.05, 4.69) is 9.88 Å². The zero-order valence-electron chi connectivity index (χ0n) is 16.7. The first-order valence-electron chi connectivity index (χ1n) is 9.83. The molecular weight excluding hydrogens is 402 g/mol. The van der Waals surface area contributed by atoms with Crippen LogP contribution >= 0.6 is 11.6 Å². The lowest BCUT2D eigenvalue weighted by Crippen LogP contribution is -2.49. The van der Waals surface area contributed by atoms with Gasteiger partial charge in [-0.1, -0.05) is 35.9 Å². The van der Waals surface area contributed by atoms with Crippen molar-refractivity contribution in [1.82, 2.24) is 9.88 Å². The molecule has 1 amide bonds. The summed E-state index contributed by atoms with van der Waals surface area (Å²) in [4.78, 5) is 33.5.